The normalized spacial score (nSPS) is 19.5. The number of carbonyl (C=O) groups is 1. The maximum atomic E-state index is 13.1. The number of aromatic nitrogens is 1. The molecule has 24 heavy (non-hydrogen) atoms. The molecule has 1 aromatic heterocycles. The van der Waals surface area contributed by atoms with Crippen LogP contribution in [0.15, 0.2) is 35.8 Å². The van der Waals surface area contributed by atoms with E-state index in [-0.39, 0.29) is 23.9 Å². The van der Waals surface area contributed by atoms with Crippen LogP contribution in [0.1, 0.15) is 48.3 Å². The van der Waals surface area contributed by atoms with E-state index in [1.807, 2.05) is 5.38 Å². The Balaban J connectivity index is 1.44. The predicted molar refractivity (Wildman–Crippen MR) is 91.1 cm³/mol. The number of nitrogens with one attached hydrogen (secondary N) is 2. The monoisotopic (exact) mass is 345 g/mol. The van der Waals surface area contributed by atoms with Crippen molar-refractivity contribution in [3.63, 3.8) is 0 Å². The Morgan fingerprint density at radius 1 is 1.08 bits per heavy atom. The molecule has 2 aromatic rings. The molecule has 0 bridgehead atoms. The van der Waals surface area contributed by atoms with Crippen LogP contribution in [0.2, 0.25) is 0 Å². The Morgan fingerprint density at radius 2 is 1.71 bits per heavy atom. The van der Waals surface area contributed by atoms with E-state index >= 15 is 0 Å². The van der Waals surface area contributed by atoms with E-state index in [0.29, 0.717) is 11.8 Å². The smallest absolute Gasteiger partial charge is 0.315 e. The van der Waals surface area contributed by atoms with Crippen LogP contribution in [0.4, 0.5) is 9.18 Å². The number of urea groups is 1. The van der Waals surface area contributed by atoms with Gasteiger partial charge in [-0.1, -0.05) is 12.1 Å². The van der Waals surface area contributed by atoms with Gasteiger partial charge in [-0.15, -0.1) is 11.3 Å². The standard InChI is InChI=1S/C18H20FN3OS/c19-14-7-5-12(6-8-14)15(11-1-2-11)21-18(23)22-16(13-3-4-13)17-20-9-10-24-17/h5-11,13,15-16H,1-4H2,(H2,21,22,23). The topological polar surface area (TPSA) is 54.0 Å². The SMILES string of the molecule is O=C(NC(c1ccc(F)cc1)C1CC1)NC(c1nccs1)C1CC1. The van der Waals surface area contributed by atoms with Crippen molar-refractivity contribution in [3.05, 3.63) is 52.2 Å². The fourth-order valence-corrected chi connectivity index (χ4v) is 3.88. The van der Waals surface area contributed by atoms with Gasteiger partial charge in [0, 0.05) is 11.6 Å². The van der Waals surface area contributed by atoms with Gasteiger partial charge in [-0.3, -0.25) is 0 Å². The minimum Gasteiger partial charge on any atom is -0.331 e. The fourth-order valence-electron chi connectivity index (χ4n) is 3.10. The van der Waals surface area contributed by atoms with Gasteiger partial charge in [0.1, 0.15) is 10.8 Å². The maximum absolute atomic E-state index is 13.1. The highest BCUT2D eigenvalue weighted by molar-refractivity contribution is 7.09. The number of nitrogens with zero attached hydrogens (tertiary/aromatic N) is 1. The summed E-state index contributed by atoms with van der Waals surface area (Å²) in [6.45, 7) is 0. The first-order valence-corrected chi connectivity index (χ1v) is 9.30. The Hall–Kier alpha value is -1.95. The lowest BCUT2D eigenvalue weighted by Gasteiger charge is -2.22. The van der Waals surface area contributed by atoms with E-state index in [0.717, 1.165) is 36.3 Å². The summed E-state index contributed by atoms with van der Waals surface area (Å²) in [5, 5.41) is 9.10. The molecule has 126 valence electrons. The van der Waals surface area contributed by atoms with Crippen LogP contribution in [0.5, 0.6) is 0 Å². The van der Waals surface area contributed by atoms with Crippen molar-refractivity contribution in [2.24, 2.45) is 11.8 Å². The molecule has 0 aliphatic heterocycles. The fraction of sp³-hybridized carbons (Fsp3) is 0.444. The molecule has 0 radical (unpaired) electrons. The number of hydrogen-bond acceptors (Lipinski definition) is 3. The molecule has 2 fully saturated rings. The van der Waals surface area contributed by atoms with Crippen molar-refractivity contribution >= 4 is 17.4 Å². The van der Waals surface area contributed by atoms with Crippen LogP contribution >= 0.6 is 11.3 Å². The number of halogens is 1. The van der Waals surface area contributed by atoms with Gasteiger partial charge < -0.3 is 10.6 Å². The third kappa shape index (κ3) is 3.59. The summed E-state index contributed by atoms with van der Waals surface area (Å²) in [5.74, 6) is 0.683. The van der Waals surface area contributed by atoms with Gasteiger partial charge in [0.15, 0.2) is 0 Å². The Labute approximate surface area is 144 Å². The van der Waals surface area contributed by atoms with E-state index in [2.05, 4.69) is 15.6 Å². The summed E-state index contributed by atoms with van der Waals surface area (Å²) in [4.78, 5) is 16.9. The average Bonchev–Trinajstić information content (AvgIpc) is 3.50. The zero-order valence-electron chi connectivity index (χ0n) is 13.2. The van der Waals surface area contributed by atoms with Gasteiger partial charge in [-0.05, 0) is 55.2 Å². The van der Waals surface area contributed by atoms with Crippen molar-refractivity contribution in [3.8, 4) is 0 Å². The Bertz CT molecular complexity index is 696. The number of thiazole rings is 1. The molecule has 4 rings (SSSR count). The number of amides is 2. The maximum Gasteiger partial charge on any atom is 0.315 e. The van der Waals surface area contributed by atoms with Crippen molar-refractivity contribution in [2.45, 2.75) is 37.8 Å². The largest absolute Gasteiger partial charge is 0.331 e. The van der Waals surface area contributed by atoms with Crippen LogP contribution in [0.3, 0.4) is 0 Å². The highest BCUT2D eigenvalue weighted by Gasteiger charge is 2.37. The molecular weight excluding hydrogens is 325 g/mol. The van der Waals surface area contributed by atoms with Gasteiger partial charge in [-0.25, -0.2) is 14.2 Å². The summed E-state index contributed by atoms with van der Waals surface area (Å²) in [6, 6.07) is 6.21. The summed E-state index contributed by atoms with van der Waals surface area (Å²) in [6.07, 6.45) is 6.24. The zero-order valence-corrected chi connectivity index (χ0v) is 14.1. The van der Waals surface area contributed by atoms with Crippen LogP contribution in [0, 0.1) is 17.7 Å². The summed E-state index contributed by atoms with van der Waals surface area (Å²) >= 11 is 1.58. The van der Waals surface area contributed by atoms with Gasteiger partial charge in [0.25, 0.3) is 0 Å². The lowest BCUT2D eigenvalue weighted by molar-refractivity contribution is 0.230. The van der Waals surface area contributed by atoms with Gasteiger partial charge in [0.2, 0.25) is 0 Å². The zero-order chi connectivity index (χ0) is 16.5. The van der Waals surface area contributed by atoms with Crippen LogP contribution in [-0.4, -0.2) is 11.0 Å². The third-order valence-corrected chi connectivity index (χ3v) is 5.57. The molecule has 2 aliphatic rings. The first kappa shape index (κ1) is 15.6. The summed E-state index contributed by atoms with van der Waals surface area (Å²) < 4.78 is 13.1. The number of rotatable bonds is 6. The second-order valence-electron chi connectivity index (χ2n) is 6.67. The summed E-state index contributed by atoms with van der Waals surface area (Å²) in [7, 11) is 0. The first-order chi connectivity index (χ1) is 11.7. The van der Waals surface area contributed by atoms with Crippen LogP contribution in [0.25, 0.3) is 0 Å². The minimum atomic E-state index is -0.254. The molecule has 2 N–H and O–H groups in total. The van der Waals surface area contributed by atoms with Crippen molar-refractivity contribution in [1.82, 2.24) is 15.6 Å². The van der Waals surface area contributed by atoms with E-state index in [9.17, 15) is 9.18 Å². The van der Waals surface area contributed by atoms with Crippen molar-refractivity contribution in [1.29, 1.82) is 0 Å². The molecule has 1 aromatic carbocycles. The molecule has 0 spiro atoms. The van der Waals surface area contributed by atoms with Crippen LogP contribution < -0.4 is 10.6 Å². The van der Waals surface area contributed by atoms with Gasteiger partial charge >= 0.3 is 6.03 Å². The first-order valence-electron chi connectivity index (χ1n) is 8.42. The van der Waals surface area contributed by atoms with Gasteiger partial charge in [-0.2, -0.15) is 0 Å². The molecule has 0 saturated heterocycles. The van der Waals surface area contributed by atoms with E-state index < -0.39 is 0 Å². The molecular formula is C18H20FN3OS. The molecule has 6 heteroatoms. The molecule has 2 saturated carbocycles. The predicted octanol–water partition coefficient (Wildman–Crippen LogP) is 4.18. The number of carbonyl (C=O) groups excluding carboxylic acids is 1. The van der Waals surface area contributed by atoms with Crippen molar-refractivity contribution in [2.75, 3.05) is 0 Å². The van der Waals surface area contributed by atoms with Gasteiger partial charge in [0.05, 0.1) is 12.1 Å². The molecule has 2 atom stereocenters. The number of hydrogen-bond donors (Lipinski definition) is 2. The highest BCUT2D eigenvalue weighted by atomic mass is 32.1. The molecule has 2 aliphatic carbocycles. The molecule has 2 unspecified atom stereocenters. The average molecular weight is 345 g/mol. The lowest BCUT2D eigenvalue weighted by Crippen LogP contribution is -2.41. The lowest BCUT2D eigenvalue weighted by atomic mass is 10.0. The highest BCUT2D eigenvalue weighted by Crippen LogP contribution is 2.43. The van der Waals surface area contributed by atoms with Crippen LogP contribution in [-0.2, 0) is 0 Å². The van der Waals surface area contributed by atoms with E-state index in [1.165, 1.54) is 12.1 Å². The molecule has 4 nitrogen and oxygen atoms in total. The summed E-state index contributed by atoms with van der Waals surface area (Å²) in [5.41, 5.74) is 0.964. The Kier molecular flexibility index (Phi) is 4.22. The van der Waals surface area contributed by atoms with E-state index in [4.69, 9.17) is 0 Å². The quantitative estimate of drug-likeness (QED) is 0.825. The second-order valence-corrected chi connectivity index (χ2v) is 7.60. The third-order valence-electron chi connectivity index (χ3n) is 4.71. The second kappa shape index (κ2) is 6.51. The van der Waals surface area contributed by atoms with E-state index in [1.54, 1.807) is 29.7 Å². The molecule has 2 amide bonds. The van der Waals surface area contributed by atoms with Crippen molar-refractivity contribution < 1.29 is 9.18 Å². The molecule has 1 heterocycles. The Morgan fingerprint density at radius 3 is 2.29 bits per heavy atom. The number of benzene rings is 1. The minimum absolute atomic E-state index is 0.00179.